The molecule has 2 amide bonds. The first-order valence-corrected chi connectivity index (χ1v) is 14.6. The number of rotatable bonds is 10. The quantitative estimate of drug-likeness (QED) is 0.0739. The molecule has 0 fully saturated rings. The Labute approximate surface area is 250 Å². The van der Waals surface area contributed by atoms with Crippen molar-refractivity contribution in [3.63, 3.8) is 0 Å². The van der Waals surface area contributed by atoms with Gasteiger partial charge in [-0.2, -0.15) is 0 Å². The number of nitrogens with one attached hydrogen (secondary N) is 2. The van der Waals surface area contributed by atoms with Crippen molar-refractivity contribution in [2.45, 2.75) is 10.1 Å². The summed E-state index contributed by atoms with van der Waals surface area (Å²) in [6.45, 7) is 0. The number of nitro groups is 1. The largest absolute Gasteiger partial charge is 0.322 e. The van der Waals surface area contributed by atoms with Crippen LogP contribution < -0.4 is 10.6 Å². The number of amides is 2. The Hall–Kier alpha value is -5.06. The van der Waals surface area contributed by atoms with Crippen LogP contribution in [0.3, 0.4) is 0 Å². The summed E-state index contributed by atoms with van der Waals surface area (Å²) in [5.74, 6) is -0.534. The fourth-order valence-corrected chi connectivity index (χ4v) is 5.82. The zero-order valence-electron chi connectivity index (χ0n) is 22.0. The first-order valence-electron chi connectivity index (χ1n) is 12.8. The number of non-ortho nitro benzene ring substituents is 1. The molecule has 0 spiro atoms. The number of carbonyl (C=O) groups is 2. The average Bonchev–Trinajstić information content (AvgIpc) is 3.48. The first kappa shape index (κ1) is 28.5. The lowest BCUT2D eigenvalue weighted by atomic mass is 10.1. The Morgan fingerprint density at radius 3 is 2.38 bits per heavy atom. The molecule has 2 N–H and O–H groups in total. The summed E-state index contributed by atoms with van der Waals surface area (Å²) in [6.07, 6.45) is 3.22. The van der Waals surface area contributed by atoms with Crippen LogP contribution in [0.15, 0.2) is 126 Å². The molecule has 0 radical (unpaired) electrons. The molecule has 1 atom stereocenters. The van der Waals surface area contributed by atoms with Crippen molar-refractivity contribution in [3.8, 4) is 11.3 Å². The average molecular weight is 593 g/mol. The lowest BCUT2D eigenvalue weighted by molar-refractivity contribution is -0.384. The number of thioether (sulfide) groups is 1. The second kappa shape index (κ2) is 13.5. The molecule has 8 nitrogen and oxygen atoms in total. The summed E-state index contributed by atoms with van der Waals surface area (Å²) in [5, 5.41) is 18.5. The van der Waals surface area contributed by atoms with Gasteiger partial charge in [0.05, 0.1) is 10.6 Å². The summed E-state index contributed by atoms with van der Waals surface area (Å²) < 4.78 is 0. The van der Waals surface area contributed by atoms with Crippen LogP contribution >= 0.6 is 23.1 Å². The van der Waals surface area contributed by atoms with Crippen LogP contribution in [-0.4, -0.2) is 21.7 Å². The molecular weight excluding hydrogens is 569 g/mol. The predicted molar refractivity (Wildman–Crippen MR) is 168 cm³/mol. The van der Waals surface area contributed by atoms with Crippen molar-refractivity contribution >= 4 is 57.5 Å². The number of hydrogen-bond acceptors (Lipinski definition) is 7. The molecule has 1 aromatic heterocycles. The van der Waals surface area contributed by atoms with Crippen LogP contribution in [0.4, 0.5) is 16.5 Å². The van der Waals surface area contributed by atoms with Gasteiger partial charge in [-0.1, -0.05) is 78.9 Å². The van der Waals surface area contributed by atoms with Crippen LogP contribution in [0.25, 0.3) is 17.3 Å². The second-order valence-corrected chi connectivity index (χ2v) is 11.0. The number of nitro benzene ring substituents is 1. The number of hydrogen-bond donors (Lipinski definition) is 2. The zero-order chi connectivity index (χ0) is 29.3. The van der Waals surface area contributed by atoms with Gasteiger partial charge < -0.3 is 10.6 Å². The van der Waals surface area contributed by atoms with E-state index < -0.39 is 10.2 Å². The van der Waals surface area contributed by atoms with E-state index >= 15 is 0 Å². The molecule has 0 aliphatic carbocycles. The van der Waals surface area contributed by atoms with Crippen LogP contribution in [0.5, 0.6) is 0 Å². The minimum Gasteiger partial charge on any atom is -0.322 e. The number of thiazole rings is 1. The highest BCUT2D eigenvalue weighted by atomic mass is 32.2. The minimum absolute atomic E-state index is 0.0303. The topological polar surface area (TPSA) is 114 Å². The number of aromatic nitrogens is 1. The molecule has 0 saturated carbocycles. The van der Waals surface area contributed by atoms with Gasteiger partial charge >= 0.3 is 0 Å². The van der Waals surface area contributed by atoms with Gasteiger partial charge in [0, 0.05) is 39.7 Å². The fraction of sp³-hybridized carbons (Fsp3) is 0.0312. The lowest BCUT2D eigenvalue weighted by Crippen LogP contribution is -2.19. The van der Waals surface area contributed by atoms with E-state index in [-0.39, 0.29) is 17.5 Å². The fourth-order valence-electron chi connectivity index (χ4n) is 4.02. The third kappa shape index (κ3) is 7.57. The minimum atomic E-state index is -0.611. The maximum Gasteiger partial charge on any atom is 0.270 e. The van der Waals surface area contributed by atoms with Crippen molar-refractivity contribution in [1.82, 2.24) is 4.98 Å². The zero-order valence-corrected chi connectivity index (χ0v) is 23.7. The molecule has 42 heavy (non-hydrogen) atoms. The van der Waals surface area contributed by atoms with Crippen LogP contribution in [-0.2, 0) is 9.59 Å². The molecule has 10 heteroatoms. The highest BCUT2D eigenvalue weighted by Crippen LogP contribution is 2.38. The molecule has 0 aliphatic heterocycles. The van der Waals surface area contributed by atoms with Crippen molar-refractivity contribution in [2.24, 2.45) is 0 Å². The van der Waals surface area contributed by atoms with E-state index in [1.54, 1.807) is 29.7 Å². The molecule has 0 bridgehead atoms. The van der Waals surface area contributed by atoms with Gasteiger partial charge in [-0.3, -0.25) is 19.7 Å². The summed E-state index contributed by atoms with van der Waals surface area (Å²) in [4.78, 5) is 42.0. The van der Waals surface area contributed by atoms with E-state index in [4.69, 9.17) is 0 Å². The standard InChI is InChI=1S/C32H24N4O4S2/c37-29(18-17-22-9-3-1-4-10-22)33-25-14-8-16-27(20-25)42-30(23-11-5-2-6-12-23)31(38)35-32-34-28(21-41-32)24-13-7-15-26(19-24)36(39)40/h1-21,30H,(H,33,37)(H,34,35,38)/b18-17+. The van der Waals surface area contributed by atoms with Gasteiger partial charge in [0.1, 0.15) is 5.25 Å². The Morgan fingerprint density at radius 2 is 1.62 bits per heavy atom. The number of carbonyl (C=O) groups excluding carboxylic acids is 2. The Bertz CT molecular complexity index is 1740. The molecule has 1 heterocycles. The molecular formula is C32H24N4O4S2. The van der Waals surface area contributed by atoms with E-state index in [0.717, 1.165) is 16.0 Å². The third-order valence-electron chi connectivity index (χ3n) is 6.01. The van der Waals surface area contributed by atoms with Crippen molar-refractivity contribution in [2.75, 3.05) is 10.6 Å². The summed E-state index contributed by atoms with van der Waals surface area (Å²) >= 11 is 2.59. The summed E-state index contributed by atoms with van der Waals surface area (Å²) in [5.41, 5.74) is 3.43. The van der Waals surface area contributed by atoms with Gasteiger partial charge in [-0.25, -0.2) is 4.98 Å². The van der Waals surface area contributed by atoms with Gasteiger partial charge in [-0.15, -0.1) is 23.1 Å². The first-order chi connectivity index (χ1) is 20.4. The molecule has 5 rings (SSSR count). The molecule has 0 saturated heterocycles. The molecule has 5 aromatic rings. The smallest absolute Gasteiger partial charge is 0.270 e. The number of nitrogens with zero attached hydrogens (tertiary/aromatic N) is 2. The maximum atomic E-state index is 13.6. The molecule has 1 unspecified atom stereocenters. The van der Waals surface area contributed by atoms with Gasteiger partial charge in [0.15, 0.2) is 5.13 Å². The highest BCUT2D eigenvalue weighted by Gasteiger charge is 2.23. The van der Waals surface area contributed by atoms with E-state index in [1.807, 2.05) is 78.9 Å². The van der Waals surface area contributed by atoms with Crippen LogP contribution in [0.2, 0.25) is 0 Å². The Balaban J connectivity index is 1.30. The second-order valence-electron chi connectivity index (χ2n) is 9.00. The van der Waals surface area contributed by atoms with Gasteiger partial charge in [-0.05, 0) is 35.4 Å². The van der Waals surface area contributed by atoms with E-state index in [9.17, 15) is 19.7 Å². The van der Waals surface area contributed by atoms with Gasteiger partial charge in [0.2, 0.25) is 11.8 Å². The van der Waals surface area contributed by atoms with Crippen molar-refractivity contribution in [1.29, 1.82) is 0 Å². The van der Waals surface area contributed by atoms with Crippen molar-refractivity contribution in [3.05, 3.63) is 142 Å². The highest BCUT2D eigenvalue weighted by molar-refractivity contribution is 8.00. The third-order valence-corrected chi connectivity index (χ3v) is 8.02. The van der Waals surface area contributed by atoms with Crippen LogP contribution in [0, 0.1) is 10.1 Å². The maximum absolute atomic E-state index is 13.6. The van der Waals surface area contributed by atoms with Crippen LogP contribution in [0.1, 0.15) is 16.4 Å². The molecule has 208 valence electrons. The Morgan fingerprint density at radius 1 is 0.881 bits per heavy atom. The SMILES string of the molecule is O=C(/C=C/c1ccccc1)Nc1cccc(SC(C(=O)Nc2nc(-c3cccc([N+](=O)[O-])c3)cs2)c2ccccc2)c1. The normalized spacial score (nSPS) is 11.6. The van der Waals surface area contributed by atoms with E-state index in [1.165, 1.54) is 41.3 Å². The summed E-state index contributed by atoms with van der Waals surface area (Å²) in [6, 6.07) is 32.5. The molecule has 0 aliphatic rings. The monoisotopic (exact) mass is 592 g/mol. The lowest BCUT2D eigenvalue weighted by Gasteiger charge is -2.17. The van der Waals surface area contributed by atoms with Gasteiger partial charge in [0.25, 0.3) is 5.69 Å². The summed E-state index contributed by atoms with van der Waals surface area (Å²) in [7, 11) is 0. The number of benzene rings is 4. The predicted octanol–water partition coefficient (Wildman–Crippen LogP) is 7.84. The number of anilines is 2. The van der Waals surface area contributed by atoms with E-state index in [0.29, 0.717) is 22.1 Å². The van der Waals surface area contributed by atoms with Crippen molar-refractivity contribution < 1.29 is 14.5 Å². The van der Waals surface area contributed by atoms with E-state index in [2.05, 4.69) is 15.6 Å². The molecule has 4 aromatic carbocycles. The Kier molecular flexibility index (Phi) is 9.17.